The summed E-state index contributed by atoms with van der Waals surface area (Å²) in [6.07, 6.45) is 13.6. The number of allylic oxidation sites excluding steroid dienone is 1. The van der Waals surface area contributed by atoms with Crippen molar-refractivity contribution in [3.05, 3.63) is 11.6 Å². The number of nitrogens with zero attached hydrogens (tertiary/aromatic N) is 3. The summed E-state index contributed by atoms with van der Waals surface area (Å²) in [5, 5.41) is 10.3. The topological polar surface area (TPSA) is 64.1 Å². The Labute approximate surface area is 231 Å². The quantitative estimate of drug-likeness (QED) is 0.487. The predicted octanol–water partition coefficient (Wildman–Crippen LogP) is 5.56. The Kier molecular flexibility index (Phi) is 7.69. The first kappa shape index (κ1) is 28.0. The second kappa shape index (κ2) is 10.4. The SMILES string of the molecule is CC(CCC(=O)N1CCN(C(=O)N(C)C)C[C@@H]1C)[C@H]1CC[C@H]2[C@@H]3CC=C4C[C@@H](O)CC[C@]4(C)[C@H]3CC[C@]12C. The van der Waals surface area contributed by atoms with E-state index in [0.29, 0.717) is 48.7 Å². The highest BCUT2D eigenvalue weighted by Gasteiger charge is 2.59. The number of carbonyl (C=O) groups excluding carboxylic acids is 2. The number of rotatable bonds is 4. The Morgan fingerprint density at radius 2 is 1.87 bits per heavy atom. The lowest BCUT2D eigenvalue weighted by atomic mass is 9.47. The van der Waals surface area contributed by atoms with Gasteiger partial charge in [0.2, 0.25) is 5.91 Å². The maximum atomic E-state index is 13.3. The number of urea groups is 1. The first-order valence-corrected chi connectivity index (χ1v) is 15.6. The molecular weight excluding hydrogens is 474 g/mol. The molecule has 6 nitrogen and oxygen atoms in total. The van der Waals surface area contributed by atoms with E-state index >= 15 is 0 Å². The summed E-state index contributed by atoms with van der Waals surface area (Å²) in [6, 6.07) is 0.113. The van der Waals surface area contributed by atoms with E-state index in [-0.39, 0.29) is 24.1 Å². The molecule has 0 aromatic heterocycles. The molecule has 38 heavy (non-hydrogen) atoms. The van der Waals surface area contributed by atoms with E-state index in [1.54, 1.807) is 24.6 Å². The zero-order valence-corrected chi connectivity index (χ0v) is 24.9. The van der Waals surface area contributed by atoms with Crippen LogP contribution in [0, 0.1) is 40.4 Å². The average Bonchev–Trinajstić information content (AvgIpc) is 3.24. The van der Waals surface area contributed by atoms with Crippen LogP contribution in [0.3, 0.4) is 0 Å². The molecule has 0 radical (unpaired) electrons. The van der Waals surface area contributed by atoms with Crippen molar-refractivity contribution >= 4 is 11.9 Å². The van der Waals surface area contributed by atoms with Crippen molar-refractivity contribution in [1.82, 2.24) is 14.7 Å². The molecule has 6 heteroatoms. The molecular formula is C32H53N3O3. The molecule has 1 saturated heterocycles. The molecule has 0 aromatic rings. The number of fused-ring (bicyclic) bond motifs is 5. The molecule has 9 atom stereocenters. The Balaban J connectivity index is 1.18. The van der Waals surface area contributed by atoms with E-state index in [9.17, 15) is 14.7 Å². The second-order valence-electron chi connectivity index (χ2n) is 14.5. The minimum atomic E-state index is -0.133. The highest BCUT2D eigenvalue weighted by molar-refractivity contribution is 5.78. The van der Waals surface area contributed by atoms with E-state index in [0.717, 1.165) is 43.4 Å². The van der Waals surface area contributed by atoms with Crippen LogP contribution in [-0.4, -0.2) is 77.6 Å². The van der Waals surface area contributed by atoms with Gasteiger partial charge in [0.05, 0.1) is 6.10 Å². The van der Waals surface area contributed by atoms with Gasteiger partial charge < -0.3 is 19.8 Å². The van der Waals surface area contributed by atoms with Crippen LogP contribution >= 0.6 is 0 Å². The lowest BCUT2D eigenvalue weighted by molar-refractivity contribution is -0.135. The van der Waals surface area contributed by atoms with Crippen LogP contribution in [0.2, 0.25) is 0 Å². The van der Waals surface area contributed by atoms with Gasteiger partial charge in [0.15, 0.2) is 0 Å². The van der Waals surface area contributed by atoms with Gasteiger partial charge in [0.25, 0.3) is 0 Å². The van der Waals surface area contributed by atoms with Gasteiger partial charge in [0, 0.05) is 46.2 Å². The fraction of sp³-hybridized carbons (Fsp3) is 0.875. The van der Waals surface area contributed by atoms with Crippen molar-refractivity contribution < 1.29 is 14.7 Å². The van der Waals surface area contributed by atoms with Crippen LogP contribution in [-0.2, 0) is 4.79 Å². The molecule has 4 aliphatic carbocycles. The summed E-state index contributed by atoms with van der Waals surface area (Å²) in [5.41, 5.74) is 2.26. The van der Waals surface area contributed by atoms with Gasteiger partial charge in [-0.2, -0.15) is 0 Å². The molecule has 0 bridgehead atoms. The van der Waals surface area contributed by atoms with Gasteiger partial charge in [-0.05, 0) is 105 Å². The number of carbonyl (C=O) groups is 2. The van der Waals surface area contributed by atoms with Crippen LogP contribution < -0.4 is 0 Å². The van der Waals surface area contributed by atoms with Crippen molar-refractivity contribution in [3.8, 4) is 0 Å². The molecule has 214 valence electrons. The van der Waals surface area contributed by atoms with E-state index in [4.69, 9.17) is 0 Å². The highest BCUT2D eigenvalue weighted by Crippen LogP contribution is 2.67. The fourth-order valence-corrected chi connectivity index (χ4v) is 10.1. The summed E-state index contributed by atoms with van der Waals surface area (Å²) >= 11 is 0. The Morgan fingerprint density at radius 1 is 1.11 bits per heavy atom. The van der Waals surface area contributed by atoms with Crippen LogP contribution in [0.15, 0.2) is 11.6 Å². The first-order valence-electron chi connectivity index (χ1n) is 15.6. The van der Waals surface area contributed by atoms with Crippen LogP contribution in [0.1, 0.15) is 91.9 Å². The van der Waals surface area contributed by atoms with Gasteiger partial charge in [-0.15, -0.1) is 0 Å². The summed E-state index contributed by atoms with van der Waals surface area (Å²) < 4.78 is 0. The van der Waals surface area contributed by atoms with Crippen molar-refractivity contribution in [2.45, 2.75) is 104 Å². The zero-order chi connectivity index (χ0) is 27.4. The first-order chi connectivity index (χ1) is 18.0. The number of hydrogen-bond acceptors (Lipinski definition) is 3. The molecule has 1 N–H and O–H groups in total. The highest BCUT2D eigenvalue weighted by atomic mass is 16.3. The largest absolute Gasteiger partial charge is 0.393 e. The molecule has 3 amide bonds. The monoisotopic (exact) mass is 527 g/mol. The summed E-state index contributed by atoms with van der Waals surface area (Å²) in [6.45, 7) is 11.5. The summed E-state index contributed by atoms with van der Waals surface area (Å²) in [4.78, 5) is 31.1. The summed E-state index contributed by atoms with van der Waals surface area (Å²) in [7, 11) is 3.58. The van der Waals surface area contributed by atoms with Crippen molar-refractivity contribution in [2.24, 2.45) is 40.4 Å². The third kappa shape index (κ3) is 4.71. The Hall–Kier alpha value is -1.56. The minimum Gasteiger partial charge on any atom is -0.393 e. The van der Waals surface area contributed by atoms with Crippen LogP contribution in [0.5, 0.6) is 0 Å². The maximum Gasteiger partial charge on any atom is 0.319 e. The fourth-order valence-electron chi connectivity index (χ4n) is 10.1. The summed E-state index contributed by atoms with van der Waals surface area (Å²) in [5.74, 6) is 3.91. The zero-order valence-electron chi connectivity index (χ0n) is 24.9. The molecule has 3 saturated carbocycles. The lowest BCUT2D eigenvalue weighted by Gasteiger charge is -2.58. The number of aliphatic hydroxyl groups excluding tert-OH is 1. The van der Waals surface area contributed by atoms with Crippen molar-refractivity contribution in [2.75, 3.05) is 33.7 Å². The van der Waals surface area contributed by atoms with Crippen LogP contribution in [0.4, 0.5) is 4.79 Å². The molecule has 5 rings (SSSR count). The maximum absolute atomic E-state index is 13.3. The molecule has 4 fully saturated rings. The van der Waals surface area contributed by atoms with Crippen molar-refractivity contribution in [1.29, 1.82) is 0 Å². The molecule has 0 aromatic carbocycles. The van der Waals surface area contributed by atoms with E-state index in [2.05, 4.69) is 33.8 Å². The average molecular weight is 528 g/mol. The normalized spacial score (nSPS) is 41.5. The molecule has 0 spiro atoms. The van der Waals surface area contributed by atoms with Crippen LogP contribution in [0.25, 0.3) is 0 Å². The molecule has 5 aliphatic rings. The number of amides is 3. The number of aliphatic hydroxyl groups is 1. The van der Waals surface area contributed by atoms with E-state index in [1.807, 2.05) is 9.80 Å². The van der Waals surface area contributed by atoms with Gasteiger partial charge in [-0.3, -0.25) is 4.79 Å². The van der Waals surface area contributed by atoms with Gasteiger partial charge in [-0.25, -0.2) is 4.79 Å². The Morgan fingerprint density at radius 3 is 2.58 bits per heavy atom. The molecule has 1 unspecified atom stereocenters. The number of piperazine rings is 1. The van der Waals surface area contributed by atoms with Gasteiger partial charge >= 0.3 is 6.03 Å². The smallest absolute Gasteiger partial charge is 0.319 e. The van der Waals surface area contributed by atoms with Crippen molar-refractivity contribution in [3.63, 3.8) is 0 Å². The second-order valence-corrected chi connectivity index (χ2v) is 14.5. The predicted molar refractivity (Wildman–Crippen MR) is 151 cm³/mol. The van der Waals surface area contributed by atoms with Gasteiger partial charge in [0.1, 0.15) is 0 Å². The Bertz CT molecular complexity index is 948. The molecule has 1 aliphatic heterocycles. The third-order valence-corrected chi connectivity index (χ3v) is 12.3. The standard InChI is InChI=1S/C32H53N3O3/c1-21(7-12-29(37)35-18-17-34(20-22(35)2)30(38)33(5)6)26-10-11-27-25-9-8-23-19-24(36)13-15-31(23,3)28(25)14-16-32(26,27)4/h8,21-22,24-28,36H,7,9-20H2,1-6H3/t21?,22-,24-,25-,26+,27-,28-,31-,32+/m0/s1. The molecule has 1 heterocycles. The third-order valence-electron chi connectivity index (χ3n) is 12.3. The minimum absolute atomic E-state index is 0.0380. The lowest BCUT2D eigenvalue weighted by Crippen LogP contribution is -2.57. The number of hydrogen-bond donors (Lipinski definition) is 1. The van der Waals surface area contributed by atoms with E-state index in [1.165, 1.54) is 32.1 Å². The van der Waals surface area contributed by atoms with Gasteiger partial charge in [-0.1, -0.05) is 32.4 Å². The van der Waals surface area contributed by atoms with E-state index < -0.39 is 0 Å².